The molecule has 0 unspecified atom stereocenters. The molecule has 1 aromatic carbocycles. The van der Waals surface area contributed by atoms with Crippen LogP contribution in [0.1, 0.15) is 48.6 Å². The number of ether oxygens (including phenoxy) is 1. The SMILES string of the molecule is CC1=C(C(F)(F)F)N2C(=NC1)CO[C@H](c1cccnc1C1CC1)c1cc(Cl)ccc12. The Morgan fingerprint density at radius 2 is 1.97 bits per heavy atom. The lowest BCUT2D eigenvalue weighted by Crippen LogP contribution is -2.42. The molecule has 3 heterocycles. The summed E-state index contributed by atoms with van der Waals surface area (Å²) in [5.74, 6) is 0.611. The Balaban J connectivity index is 1.71. The number of aliphatic imine (C=N–C) groups is 1. The van der Waals surface area contributed by atoms with Crippen LogP contribution < -0.4 is 4.90 Å². The number of aromatic nitrogens is 1. The number of rotatable bonds is 2. The number of allylic oxidation sites excluding steroid dienone is 1. The van der Waals surface area contributed by atoms with Crippen LogP contribution in [0.3, 0.4) is 0 Å². The van der Waals surface area contributed by atoms with Crippen molar-refractivity contribution in [3.63, 3.8) is 0 Å². The highest BCUT2D eigenvalue weighted by molar-refractivity contribution is 6.30. The molecule has 5 rings (SSSR count). The van der Waals surface area contributed by atoms with Gasteiger partial charge in [0.05, 0.1) is 12.2 Å². The highest BCUT2D eigenvalue weighted by Crippen LogP contribution is 2.47. The normalized spacial score (nSPS) is 21.7. The first-order chi connectivity index (χ1) is 14.3. The van der Waals surface area contributed by atoms with Crippen molar-refractivity contribution in [3.8, 4) is 0 Å². The predicted octanol–water partition coefficient (Wildman–Crippen LogP) is 5.79. The third-order valence-electron chi connectivity index (χ3n) is 5.66. The number of anilines is 1. The minimum absolute atomic E-state index is 0.00214. The van der Waals surface area contributed by atoms with Gasteiger partial charge in [-0.25, -0.2) is 0 Å². The zero-order chi connectivity index (χ0) is 21.0. The van der Waals surface area contributed by atoms with Crippen molar-refractivity contribution in [3.05, 3.63) is 69.6 Å². The van der Waals surface area contributed by atoms with Gasteiger partial charge in [0.25, 0.3) is 0 Å². The number of benzene rings is 1. The monoisotopic (exact) mass is 433 g/mol. The Morgan fingerprint density at radius 1 is 1.17 bits per heavy atom. The summed E-state index contributed by atoms with van der Waals surface area (Å²) < 4.78 is 48.3. The summed E-state index contributed by atoms with van der Waals surface area (Å²) in [6.45, 7) is 1.43. The fraction of sp³-hybridized carbons (Fsp3) is 0.364. The molecule has 156 valence electrons. The minimum atomic E-state index is -4.52. The van der Waals surface area contributed by atoms with Crippen LogP contribution in [0.5, 0.6) is 0 Å². The van der Waals surface area contributed by atoms with E-state index in [1.165, 1.54) is 11.8 Å². The van der Waals surface area contributed by atoms with Gasteiger partial charge < -0.3 is 4.74 Å². The second-order valence-electron chi connectivity index (χ2n) is 7.84. The molecule has 2 aliphatic heterocycles. The van der Waals surface area contributed by atoms with E-state index in [4.69, 9.17) is 16.3 Å². The lowest BCUT2D eigenvalue weighted by molar-refractivity contribution is -0.0932. The molecule has 1 saturated carbocycles. The maximum atomic E-state index is 14.0. The number of nitrogens with zero attached hydrogens (tertiary/aromatic N) is 3. The molecule has 8 heteroatoms. The topological polar surface area (TPSA) is 37.7 Å². The Kier molecular flexibility index (Phi) is 4.63. The first-order valence-corrected chi connectivity index (χ1v) is 10.2. The predicted molar refractivity (Wildman–Crippen MR) is 109 cm³/mol. The van der Waals surface area contributed by atoms with Gasteiger partial charge in [-0.15, -0.1) is 0 Å². The number of hydrogen-bond donors (Lipinski definition) is 0. The molecule has 0 amide bonds. The highest BCUT2D eigenvalue weighted by Gasteiger charge is 2.45. The van der Waals surface area contributed by atoms with Crippen LogP contribution in [-0.4, -0.2) is 30.1 Å². The van der Waals surface area contributed by atoms with E-state index in [-0.39, 0.29) is 24.6 Å². The van der Waals surface area contributed by atoms with E-state index in [0.717, 1.165) is 24.1 Å². The Hall–Kier alpha value is -2.38. The summed E-state index contributed by atoms with van der Waals surface area (Å²) in [5, 5.41) is 0.436. The van der Waals surface area contributed by atoms with Crippen molar-refractivity contribution in [1.29, 1.82) is 0 Å². The summed E-state index contributed by atoms with van der Waals surface area (Å²) in [6, 6.07) is 8.67. The first kappa shape index (κ1) is 19.6. The van der Waals surface area contributed by atoms with Crippen molar-refractivity contribution in [1.82, 2.24) is 4.98 Å². The van der Waals surface area contributed by atoms with Gasteiger partial charge in [0.15, 0.2) is 0 Å². The molecule has 2 aromatic rings. The number of halogens is 4. The van der Waals surface area contributed by atoms with E-state index < -0.39 is 18.0 Å². The van der Waals surface area contributed by atoms with Gasteiger partial charge >= 0.3 is 6.18 Å². The van der Waals surface area contributed by atoms with Gasteiger partial charge in [-0.3, -0.25) is 14.9 Å². The average molecular weight is 434 g/mol. The standard InChI is InChI=1S/C22H19ClF3N3O/c1-12-10-28-18-11-30-20(15-3-2-8-27-19(15)13-4-5-13)16-9-14(23)6-7-17(16)29(18)21(12)22(24,25)26/h2-3,6-9,13,20H,4-5,10-11H2,1H3/t20-/m1/s1. The van der Waals surface area contributed by atoms with Gasteiger partial charge in [-0.2, -0.15) is 13.2 Å². The molecule has 0 radical (unpaired) electrons. The van der Waals surface area contributed by atoms with Crippen LogP contribution in [0, 0.1) is 0 Å². The zero-order valence-corrected chi connectivity index (χ0v) is 17.0. The largest absolute Gasteiger partial charge is 0.431 e. The number of alkyl halides is 3. The van der Waals surface area contributed by atoms with E-state index in [0.29, 0.717) is 22.2 Å². The lowest BCUT2D eigenvalue weighted by Gasteiger charge is -2.33. The van der Waals surface area contributed by atoms with Crippen molar-refractivity contribution in [2.45, 2.75) is 38.0 Å². The van der Waals surface area contributed by atoms with Crippen LogP contribution in [0.2, 0.25) is 5.02 Å². The molecular weight excluding hydrogens is 415 g/mol. The molecule has 1 atom stereocenters. The van der Waals surface area contributed by atoms with Crippen LogP contribution in [0.25, 0.3) is 0 Å². The maximum absolute atomic E-state index is 14.0. The van der Waals surface area contributed by atoms with Gasteiger partial charge in [0.2, 0.25) is 0 Å². The highest BCUT2D eigenvalue weighted by atomic mass is 35.5. The Bertz CT molecular complexity index is 1080. The molecule has 1 aliphatic carbocycles. The summed E-state index contributed by atoms with van der Waals surface area (Å²) in [4.78, 5) is 10.1. The van der Waals surface area contributed by atoms with E-state index in [9.17, 15) is 13.2 Å². The number of fused-ring (bicyclic) bond motifs is 3. The van der Waals surface area contributed by atoms with Crippen molar-refractivity contribution in [2.75, 3.05) is 18.1 Å². The van der Waals surface area contributed by atoms with Crippen LogP contribution in [0.4, 0.5) is 18.9 Å². The van der Waals surface area contributed by atoms with E-state index in [1.54, 1.807) is 24.4 Å². The molecule has 1 fully saturated rings. The van der Waals surface area contributed by atoms with Crippen molar-refractivity contribution in [2.24, 2.45) is 4.99 Å². The van der Waals surface area contributed by atoms with Crippen molar-refractivity contribution < 1.29 is 17.9 Å². The zero-order valence-electron chi connectivity index (χ0n) is 16.2. The molecule has 0 saturated heterocycles. The molecule has 0 bridgehead atoms. The summed E-state index contributed by atoms with van der Waals surface area (Å²) in [5.41, 5.74) is 2.26. The fourth-order valence-electron chi connectivity index (χ4n) is 4.21. The first-order valence-electron chi connectivity index (χ1n) is 9.81. The average Bonchev–Trinajstić information content (AvgIpc) is 3.54. The summed E-state index contributed by atoms with van der Waals surface area (Å²) >= 11 is 6.27. The Morgan fingerprint density at radius 3 is 2.70 bits per heavy atom. The number of pyridine rings is 1. The van der Waals surface area contributed by atoms with Gasteiger partial charge in [-0.1, -0.05) is 17.7 Å². The smallest absolute Gasteiger partial charge is 0.361 e. The molecule has 0 N–H and O–H groups in total. The minimum Gasteiger partial charge on any atom is -0.361 e. The molecule has 4 nitrogen and oxygen atoms in total. The van der Waals surface area contributed by atoms with Gasteiger partial charge in [0, 0.05) is 34.0 Å². The molecule has 0 spiro atoms. The third-order valence-corrected chi connectivity index (χ3v) is 5.90. The molecule has 1 aromatic heterocycles. The van der Waals surface area contributed by atoms with E-state index in [2.05, 4.69) is 9.98 Å². The Labute approximate surface area is 177 Å². The van der Waals surface area contributed by atoms with Crippen LogP contribution >= 0.6 is 11.6 Å². The summed E-state index contributed by atoms with van der Waals surface area (Å²) in [6.07, 6.45) is -1.24. The molecular formula is C22H19ClF3N3O. The number of hydrogen-bond acceptors (Lipinski definition) is 4. The summed E-state index contributed by atoms with van der Waals surface area (Å²) in [7, 11) is 0. The molecule has 3 aliphatic rings. The van der Waals surface area contributed by atoms with Gasteiger partial charge in [0.1, 0.15) is 24.2 Å². The third kappa shape index (κ3) is 3.30. The second-order valence-corrected chi connectivity index (χ2v) is 8.28. The van der Waals surface area contributed by atoms with E-state index >= 15 is 0 Å². The van der Waals surface area contributed by atoms with Crippen molar-refractivity contribution >= 4 is 23.1 Å². The van der Waals surface area contributed by atoms with Crippen LogP contribution in [-0.2, 0) is 4.74 Å². The van der Waals surface area contributed by atoms with E-state index in [1.807, 2.05) is 12.1 Å². The lowest BCUT2D eigenvalue weighted by atomic mass is 9.96. The van der Waals surface area contributed by atoms with Gasteiger partial charge in [-0.05, 0) is 49.6 Å². The quantitative estimate of drug-likeness (QED) is 0.602. The van der Waals surface area contributed by atoms with Crippen LogP contribution in [0.15, 0.2) is 52.8 Å². The number of amidine groups is 1. The fourth-order valence-corrected chi connectivity index (χ4v) is 4.39. The maximum Gasteiger partial charge on any atom is 0.431 e. The second kappa shape index (κ2) is 7.10. The molecule has 30 heavy (non-hydrogen) atoms.